The van der Waals surface area contributed by atoms with Crippen LogP contribution >= 0.6 is 0 Å². The predicted molar refractivity (Wildman–Crippen MR) is 96.7 cm³/mol. The lowest BCUT2D eigenvalue weighted by molar-refractivity contribution is 0.108. The average molecular weight is 344 g/mol. The van der Waals surface area contributed by atoms with Gasteiger partial charge in [0, 0.05) is 26.2 Å². The number of rotatable bonds is 6. The highest BCUT2D eigenvalue weighted by molar-refractivity contribution is 5.32. The molecule has 0 radical (unpaired) electrons. The largest absolute Gasteiger partial charge is 0.497 e. The van der Waals surface area contributed by atoms with Gasteiger partial charge in [0.25, 0.3) is 0 Å². The highest BCUT2D eigenvalue weighted by Gasteiger charge is 2.30. The first kappa shape index (κ1) is 17.8. The van der Waals surface area contributed by atoms with Crippen LogP contribution in [0, 0.1) is 0 Å². The standard InChI is InChI=1S/C18H28N6O/c1-5-22-10-12-23(13-11-22)17(15-6-8-16(25-4)9-7-15)18-19-20-21-24(18)14(2)3/h6-9,14,17H,5,10-13H2,1-4H3/t17-/m0/s1. The number of piperazine rings is 1. The summed E-state index contributed by atoms with van der Waals surface area (Å²) in [5.41, 5.74) is 1.20. The number of ether oxygens (including phenoxy) is 1. The first-order valence-corrected chi connectivity index (χ1v) is 9.02. The van der Waals surface area contributed by atoms with Crippen LogP contribution in [0.5, 0.6) is 5.75 Å². The summed E-state index contributed by atoms with van der Waals surface area (Å²) >= 11 is 0. The second-order valence-corrected chi connectivity index (χ2v) is 6.72. The van der Waals surface area contributed by atoms with E-state index in [0.29, 0.717) is 0 Å². The summed E-state index contributed by atoms with van der Waals surface area (Å²) < 4.78 is 7.24. The molecule has 1 aliphatic heterocycles. The normalized spacial score (nSPS) is 17.8. The molecular weight excluding hydrogens is 316 g/mol. The fraction of sp³-hybridized carbons (Fsp3) is 0.611. The Kier molecular flexibility index (Phi) is 5.65. The van der Waals surface area contributed by atoms with Gasteiger partial charge in [0.1, 0.15) is 5.75 Å². The molecule has 7 heteroatoms. The smallest absolute Gasteiger partial charge is 0.173 e. The minimum Gasteiger partial charge on any atom is -0.497 e. The third-order valence-corrected chi connectivity index (χ3v) is 4.90. The highest BCUT2D eigenvalue weighted by Crippen LogP contribution is 2.30. The van der Waals surface area contributed by atoms with E-state index in [0.717, 1.165) is 44.3 Å². The van der Waals surface area contributed by atoms with E-state index in [9.17, 15) is 0 Å². The number of benzene rings is 1. The number of aromatic nitrogens is 4. The van der Waals surface area contributed by atoms with Crippen LogP contribution in [0.3, 0.4) is 0 Å². The van der Waals surface area contributed by atoms with Gasteiger partial charge in [-0.15, -0.1) is 5.10 Å². The second kappa shape index (κ2) is 7.93. The number of tetrazole rings is 1. The minimum absolute atomic E-state index is 0.0577. The van der Waals surface area contributed by atoms with Gasteiger partial charge in [-0.1, -0.05) is 19.1 Å². The molecule has 2 aromatic rings. The van der Waals surface area contributed by atoms with E-state index in [1.54, 1.807) is 7.11 Å². The lowest BCUT2D eigenvalue weighted by atomic mass is 10.0. The van der Waals surface area contributed by atoms with E-state index < -0.39 is 0 Å². The Bertz CT molecular complexity index is 660. The minimum atomic E-state index is 0.0577. The molecule has 0 aliphatic carbocycles. The maximum atomic E-state index is 5.31. The van der Waals surface area contributed by atoms with Crippen LogP contribution in [0.2, 0.25) is 0 Å². The zero-order valence-corrected chi connectivity index (χ0v) is 15.6. The summed E-state index contributed by atoms with van der Waals surface area (Å²) in [7, 11) is 1.69. The number of hydrogen-bond acceptors (Lipinski definition) is 6. The molecule has 0 amide bonds. The predicted octanol–water partition coefficient (Wildman–Crippen LogP) is 1.99. The number of hydrogen-bond donors (Lipinski definition) is 0. The van der Waals surface area contributed by atoms with Gasteiger partial charge in [-0.2, -0.15) is 0 Å². The van der Waals surface area contributed by atoms with E-state index in [1.165, 1.54) is 5.56 Å². The fourth-order valence-corrected chi connectivity index (χ4v) is 3.40. The van der Waals surface area contributed by atoms with Crippen molar-refractivity contribution in [3.63, 3.8) is 0 Å². The lowest BCUT2D eigenvalue weighted by Crippen LogP contribution is -2.48. The number of nitrogens with zero attached hydrogens (tertiary/aromatic N) is 6. The SMILES string of the molecule is CCN1CCN([C@@H](c2ccc(OC)cc2)c2nnnn2C(C)C)CC1. The summed E-state index contributed by atoms with van der Waals surface area (Å²) in [5, 5.41) is 12.6. The first-order chi connectivity index (χ1) is 12.1. The molecule has 0 spiro atoms. The average Bonchev–Trinajstić information content (AvgIpc) is 3.13. The van der Waals surface area contributed by atoms with Crippen LogP contribution in [0.1, 0.15) is 44.2 Å². The van der Waals surface area contributed by atoms with Gasteiger partial charge in [0.15, 0.2) is 5.82 Å². The third kappa shape index (κ3) is 3.82. The van der Waals surface area contributed by atoms with E-state index in [-0.39, 0.29) is 12.1 Å². The molecule has 1 fully saturated rings. The van der Waals surface area contributed by atoms with Crippen molar-refractivity contribution in [1.82, 2.24) is 30.0 Å². The van der Waals surface area contributed by atoms with Gasteiger partial charge in [-0.3, -0.25) is 4.90 Å². The summed E-state index contributed by atoms with van der Waals surface area (Å²) in [6.07, 6.45) is 0. The molecule has 1 atom stereocenters. The summed E-state index contributed by atoms with van der Waals surface area (Å²) in [5.74, 6) is 1.77. The molecule has 0 unspecified atom stereocenters. The Morgan fingerprint density at radius 3 is 2.32 bits per heavy atom. The Morgan fingerprint density at radius 2 is 1.76 bits per heavy atom. The van der Waals surface area contributed by atoms with Gasteiger partial charge in [0.2, 0.25) is 0 Å². The second-order valence-electron chi connectivity index (χ2n) is 6.72. The zero-order chi connectivity index (χ0) is 17.8. The van der Waals surface area contributed by atoms with Crippen molar-refractivity contribution in [2.45, 2.75) is 32.9 Å². The van der Waals surface area contributed by atoms with Crippen molar-refractivity contribution in [2.24, 2.45) is 0 Å². The van der Waals surface area contributed by atoms with E-state index in [4.69, 9.17) is 4.74 Å². The topological polar surface area (TPSA) is 59.3 Å². The molecule has 1 aromatic carbocycles. The molecule has 0 saturated carbocycles. The van der Waals surface area contributed by atoms with Crippen LogP contribution in [-0.4, -0.2) is 69.8 Å². The Hall–Kier alpha value is -1.99. The third-order valence-electron chi connectivity index (χ3n) is 4.90. The molecule has 136 valence electrons. The van der Waals surface area contributed by atoms with Crippen molar-refractivity contribution in [3.8, 4) is 5.75 Å². The van der Waals surface area contributed by atoms with Crippen molar-refractivity contribution < 1.29 is 4.74 Å². The van der Waals surface area contributed by atoms with Crippen LogP contribution in [0.4, 0.5) is 0 Å². The highest BCUT2D eigenvalue weighted by atomic mass is 16.5. The van der Waals surface area contributed by atoms with Crippen LogP contribution in [0.25, 0.3) is 0 Å². The lowest BCUT2D eigenvalue weighted by Gasteiger charge is -2.38. The van der Waals surface area contributed by atoms with Gasteiger partial charge < -0.3 is 9.64 Å². The maximum Gasteiger partial charge on any atom is 0.173 e. The van der Waals surface area contributed by atoms with E-state index in [2.05, 4.69) is 58.2 Å². The van der Waals surface area contributed by atoms with E-state index >= 15 is 0 Å². The van der Waals surface area contributed by atoms with Gasteiger partial charge in [-0.25, -0.2) is 4.68 Å². The van der Waals surface area contributed by atoms with Crippen molar-refractivity contribution in [1.29, 1.82) is 0 Å². The molecule has 0 N–H and O–H groups in total. The summed E-state index contributed by atoms with van der Waals surface area (Å²) in [6.45, 7) is 11.7. The van der Waals surface area contributed by atoms with Gasteiger partial charge in [0.05, 0.1) is 19.2 Å². The fourth-order valence-electron chi connectivity index (χ4n) is 3.40. The molecule has 1 aromatic heterocycles. The van der Waals surface area contributed by atoms with Crippen LogP contribution in [-0.2, 0) is 0 Å². The monoisotopic (exact) mass is 344 g/mol. The molecule has 1 aliphatic rings. The molecule has 3 rings (SSSR count). The summed E-state index contributed by atoms with van der Waals surface area (Å²) in [6, 6.07) is 8.54. The van der Waals surface area contributed by atoms with Crippen molar-refractivity contribution >= 4 is 0 Å². The Labute approximate surface area is 149 Å². The molecule has 1 saturated heterocycles. The van der Waals surface area contributed by atoms with Gasteiger partial charge in [-0.05, 0) is 48.5 Å². The zero-order valence-electron chi connectivity index (χ0n) is 15.6. The molecule has 2 heterocycles. The number of methoxy groups -OCH3 is 1. The summed E-state index contributed by atoms with van der Waals surface area (Å²) in [4.78, 5) is 4.96. The van der Waals surface area contributed by atoms with Crippen LogP contribution < -0.4 is 4.74 Å². The molecule has 25 heavy (non-hydrogen) atoms. The Morgan fingerprint density at radius 1 is 1.08 bits per heavy atom. The quantitative estimate of drug-likeness (QED) is 0.799. The van der Waals surface area contributed by atoms with Crippen LogP contribution in [0.15, 0.2) is 24.3 Å². The molecular formula is C18H28N6O. The molecule has 0 bridgehead atoms. The number of likely N-dealkylation sites (N-methyl/N-ethyl adjacent to an activating group) is 1. The van der Waals surface area contributed by atoms with Crippen molar-refractivity contribution in [3.05, 3.63) is 35.7 Å². The Balaban J connectivity index is 1.94. The first-order valence-electron chi connectivity index (χ1n) is 9.02. The maximum absolute atomic E-state index is 5.31. The molecule has 7 nitrogen and oxygen atoms in total. The van der Waals surface area contributed by atoms with Crippen molar-refractivity contribution in [2.75, 3.05) is 39.8 Å². The van der Waals surface area contributed by atoms with E-state index in [1.807, 2.05) is 16.8 Å². The van der Waals surface area contributed by atoms with Gasteiger partial charge >= 0.3 is 0 Å².